The highest BCUT2D eigenvalue weighted by Gasteiger charge is 2.39. The minimum absolute atomic E-state index is 0.0888. The Morgan fingerprint density at radius 2 is 0.512 bits per heavy atom. The van der Waals surface area contributed by atoms with Gasteiger partial charge in [0.25, 0.3) is 0 Å². The maximum absolute atomic E-state index is 12.9. The second-order valence-corrected chi connectivity index (χ2v) is 16.9. The van der Waals surface area contributed by atoms with E-state index in [2.05, 4.69) is 14.2 Å². The summed E-state index contributed by atoms with van der Waals surface area (Å²) < 4.78 is 313. The van der Waals surface area contributed by atoms with Crippen LogP contribution in [-0.4, -0.2) is 19.1 Å². The number of benzene rings is 8. The number of alkyl halides is 24. The SMILES string of the molecule is Cc1ccc(-c2cccc(C(F)(F)F)c2)cc1OC(F)(F)F.FC(F)(F)Oc1ccccc1-c1ccccc1OC(F)(F)F.FC(F)(F)c1cccc(-c2cccc(C(F)(F)F)c2)c1.FC(F)(F)c1ccccc1-c1ccccc1C(F)(F)F. The first kappa shape index (κ1) is 66.3. The molecule has 8 aromatic rings. The smallest absolute Gasteiger partial charge is 0.405 e. The zero-order chi connectivity index (χ0) is 62.9. The third-order valence-corrected chi connectivity index (χ3v) is 10.9. The summed E-state index contributed by atoms with van der Waals surface area (Å²) in [5.41, 5.74) is -5.36. The van der Waals surface area contributed by atoms with Crippen LogP contribution in [0, 0.1) is 6.92 Å². The summed E-state index contributed by atoms with van der Waals surface area (Å²) in [6.45, 7) is 1.41. The number of para-hydroxylation sites is 2. The number of halogens is 24. The zero-order valence-electron chi connectivity index (χ0n) is 41.7. The molecule has 8 aromatic carbocycles. The summed E-state index contributed by atoms with van der Waals surface area (Å²) in [6, 6.07) is 34.8. The first-order valence-corrected chi connectivity index (χ1v) is 23.0. The van der Waals surface area contributed by atoms with Gasteiger partial charge in [0, 0.05) is 11.1 Å². The van der Waals surface area contributed by atoms with E-state index in [0.29, 0.717) is 0 Å². The van der Waals surface area contributed by atoms with Gasteiger partial charge < -0.3 is 14.2 Å². The summed E-state index contributed by atoms with van der Waals surface area (Å²) in [7, 11) is 0. The maximum Gasteiger partial charge on any atom is 0.573 e. The van der Waals surface area contributed by atoms with Crippen molar-refractivity contribution in [1.29, 1.82) is 0 Å². The van der Waals surface area contributed by atoms with E-state index in [1.54, 1.807) is 0 Å². The van der Waals surface area contributed by atoms with E-state index in [4.69, 9.17) is 0 Å². The van der Waals surface area contributed by atoms with Gasteiger partial charge in [-0.05, 0) is 113 Å². The van der Waals surface area contributed by atoms with Gasteiger partial charge in [0.2, 0.25) is 0 Å². The summed E-state index contributed by atoms with van der Waals surface area (Å²) >= 11 is 0. The average molecular weight is 1220 g/mol. The normalized spacial score (nSPS) is 12.3. The first-order chi connectivity index (χ1) is 38.6. The Hall–Kier alpha value is -8.52. The topological polar surface area (TPSA) is 27.7 Å². The molecule has 0 aliphatic rings. The predicted molar refractivity (Wildman–Crippen MR) is 257 cm³/mol. The molecule has 0 amide bonds. The molecule has 0 aliphatic carbocycles. The lowest BCUT2D eigenvalue weighted by molar-refractivity contribution is -0.276. The number of hydrogen-bond donors (Lipinski definition) is 0. The van der Waals surface area contributed by atoms with E-state index in [-0.39, 0.29) is 38.9 Å². The van der Waals surface area contributed by atoms with Gasteiger partial charge in [0.05, 0.1) is 27.8 Å². The van der Waals surface area contributed by atoms with Crippen molar-refractivity contribution in [3.63, 3.8) is 0 Å². The van der Waals surface area contributed by atoms with E-state index >= 15 is 0 Å². The van der Waals surface area contributed by atoms with E-state index in [1.807, 2.05) is 0 Å². The van der Waals surface area contributed by atoms with Crippen molar-refractivity contribution in [2.75, 3.05) is 0 Å². The molecule has 0 radical (unpaired) electrons. The van der Waals surface area contributed by atoms with Crippen LogP contribution in [0.3, 0.4) is 0 Å². The van der Waals surface area contributed by atoms with Gasteiger partial charge in [0.1, 0.15) is 17.2 Å². The van der Waals surface area contributed by atoms with Gasteiger partial charge in [-0.15, -0.1) is 39.5 Å². The Morgan fingerprint density at radius 1 is 0.238 bits per heavy atom. The van der Waals surface area contributed by atoms with Crippen molar-refractivity contribution in [2.45, 2.75) is 56.9 Å². The molecule has 0 saturated heterocycles. The van der Waals surface area contributed by atoms with E-state index in [1.165, 1.54) is 104 Å². The fraction of sp³-hybridized carbons (Fsp3) is 0.158. The molecule has 0 atom stereocenters. The minimum atomic E-state index is -4.96. The number of ether oxygens (including phenoxy) is 3. The molecule has 8 rings (SSSR count). The molecule has 0 unspecified atom stereocenters. The lowest BCUT2D eigenvalue weighted by Gasteiger charge is -2.17. The van der Waals surface area contributed by atoms with Gasteiger partial charge in [0.15, 0.2) is 0 Å². The van der Waals surface area contributed by atoms with Crippen LogP contribution >= 0.6 is 0 Å². The van der Waals surface area contributed by atoms with Crippen molar-refractivity contribution in [2.24, 2.45) is 0 Å². The van der Waals surface area contributed by atoms with Crippen LogP contribution in [0.2, 0.25) is 0 Å². The van der Waals surface area contributed by atoms with Gasteiger partial charge >= 0.3 is 50.0 Å². The van der Waals surface area contributed by atoms with E-state index in [0.717, 1.165) is 91.0 Å². The van der Waals surface area contributed by atoms with Crippen molar-refractivity contribution in [3.8, 4) is 61.8 Å². The van der Waals surface area contributed by atoms with Crippen molar-refractivity contribution >= 4 is 0 Å². The highest BCUT2D eigenvalue weighted by molar-refractivity contribution is 5.76. The van der Waals surface area contributed by atoms with Crippen LogP contribution in [0.1, 0.15) is 33.4 Å². The Labute approximate surface area is 458 Å². The van der Waals surface area contributed by atoms with Gasteiger partial charge in [-0.3, -0.25) is 0 Å². The van der Waals surface area contributed by atoms with Crippen molar-refractivity contribution < 1.29 is 120 Å². The molecular weight excluding hydrogens is 1190 g/mol. The highest BCUT2D eigenvalue weighted by atomic mass is 19.4. The first-order valence-electron chi connectivity index (χ1n) is 23.0. The van der Waals surface area contributed by atoms with Crippen LogP contribution in [0.5, 0.6) is 17.2 Å². The van der Waals surface area contributed by atoms with Crippen LogP contribution in [-0.2, 0) is 30.9 Å². The number of hydrogen-bond acceptors (Lipinski definition) is 3. The molecule has 3 nitrogen and oxygen atoms in total. The molecule has 27 heteroatoms. The quantitative estimate of drug-likeness (QED) is 0.149. The Balaban J connectivity index is 0.000000205. The molecule has 0 saturated carbocycles. The van der Waals surface area contributed by atoms with Crippen molar-refractivity contribution in [1.82, 2.24) is 0 Å². The third kappa shape index (κ3) is 19.8. The molecular formula is C57H34F24O3. The molecule has 0 spiro atoms. The molecule has 0 fully saturated rings. The Bertz CT molecular complexity index is 3290. The molecule has 0 N–H and O–H groups in total. The molecule has 448 valence electrons. The van der Waals surface area contributed by atoms with Crippen LogP contribution in [0.4, 0.5) is 105 Å². The molecule has 0 aliphatic heterocycles. The van der Waals surface area contributed by atoms with Gasteiger partial charge in [-0.25, -0.2) is 0 Å². The summed E-state index contributed by atoms with van der Waals surface area (Å²) in [5.74, 6) is -1.68. The maximum atomic E-state index is 12.9. The van der Waals surface area contributed by atoms with Gasteiger partial charge in [-0.2, -0.15) is 65.9 Å². The molecule has 0 bridgehead atoms. The Morgan fingerprint density at radius 3 is 0.810 bits per heavy atom. The standard InChI is InChI=1S/C15H10F6O.C14H8F6O2.2C14H8F6/c1-9-5-6-11(8-13(9)22-15(19,20)21)10-3-2-4-12(7-10)14(16,17)18;15-13(16,17)21-11-7-3-1-5-9(11)10-6-2-4-8-12(10)22-14(18,19)20;15-13(16,17)11-5-1-3-9(7-11)10-4-2-6-12(8-10)14(18,19)20;15-13(16,17)11-7-3-1-5-9(11)10-6-2-4-8-12(10)14(18,19)20/h2-8H,1H3;1-8H;2*1-8H. The lowest BCUT2D eigenvalue weighted by Crippen LogP contribution is -2.18. The Kier molecular flexibility index (Phi) is 20.5. The fourth-order valence-corrected chi connectivity index (χ4v) is 7.38. The summed E-state index contributed by atoms with van der Waals surface area (Å²) in [4.78, 5) is 0. The van der Waals surface area contributed by atoms with Gasteiger partial charge in [-0.1, -0.05) is 121 Å². The van der Waals surface area contributed by atoms with Crippen LogP contribution in [0.15, 0.2) is 188 Å². The molecule has 0 heterocycles. The minimum Gasteiger partial charge on any atom is -0.405 e. The highest BCUT2D eigenvalue weighted by Crippen LogP contribution is 2.44. The second kappa shape index (κ2) is 26.0. The summed E-state index contributed by atoms with van der Waals surface area (Å²) in [6.07, 6.45) is -37.8. The predicted octanol–water partition coefficient (Wildman–Crippen LogP) is 21.5. The van der Waals surface area contributed by atoms with E-state index in [9.17, 15) is 105 Å². The lowest BCUT2D eigenvalue weighted by atomic mass is 9.95. The second-order valence-electron chi connectivity index (χ2n) is 16.9. The fourth-order valence-electron chi connectivity index (χ4n) is 7.38. The summed E-state index contributed by atoms with van der Waals surface area (Å²) in [5, 5.41) is 0. The van der Waals surface area contributed by atoms with Crippen LogP contribution in [0.25, 0.3) is 44.5 Å². The molecule has 84 heavy (non-hydrogen) atoms. The number of rotatable bonds is 7. The van der Waals surface area contributed by atoms with E-state index < -0.39 is 106 Å². The average Bonchev–Trinajstić information content (AvgIpc) is 2.41. The monoisotopic (exact) mass is 1220 g/mol. The largest absolute Gasteiger partial charge is 0.573 e. The van der Waals surface area contributed by atoms with Crippen molar-refractivity contribution in [3.05, 3.63) is 221 Å². The third-order valence-electron chi connectivity index (χ3n) is 10.9. The van der Waals surface area contributed by atoms with Crippen LogP contribution < -0.4 is 14.2 Å². The zero-order valence-corrected chi connectivity index (χ0v) is 41.7. The number of aryl methyl sites for hydroxylation is 1. The molecule has 0 aromatic heterocycles.